The molecule has 0 spiro atoms. The SMILES string of the molecule is C=CCSC[C@@H](C)NC(=O)c1ccc(/C=C/C(c2cc(Cl)c(Cl)c(Cl)c2)C(F)(F)F)cc1C(F)(F)F. The van der Waals surface area contributed by atoms with Crippen molar-refractivity contribution < 1.29 is 31.1 Å². The van der Waals surface area contributed by atoms with E-state index in [1.54, 1.807) is 13.0 Å². The van der Waals surface area contributed by atoms with Gasteiger partial charge in [-0.05, 0) is 42.3 Å². The van der Waals surface area contributed by atoms with Crippen molar-refractivity contribution in [1.82, 2.24) is 5.32 Å². The maximum Gasteiger partial charge on any atom is 0.417 e. The molecule has 2 aromatic rings. The third-order valence-electron chi connectivity index (χ3n) is 4.77. The summed E-state index contributed by atoms with van der Waals surface area (Å²) in [7, 11) is 0. The second-order valence-corrected chi connectivity index (χ2v) is 9.95. The first-order valence-corrected chi connectivity index (χ1v) is 12.5. The third-order valence-corrected chi connectivity index (χ3v) is 7.18. The number of hydrogen-bond acceptors (Lipinski definition) is 2. The summed E-state index contributed by atoms with van der Waals surface area (Å²) in [5, 5.41) is 1.98. The van der Waals surface area contributed by atoms with Gasteiger partial charge in [-0.1, -0.05) is 59.1 Å². The molecule has 1 N–H and O–H groups in total. The second kappa shape index (κ2) is 12.6. The summed E-state index contributed by atoms with van der Waals surface area (Å²) in [4.78, 5) is 12.5. The van der Waals surface area contributed by atoms with Crippen molar-refractivity contribution >= 4 is 58.5 Å². The van der Waals surface area contributed by atoms with Gasteiger partial charge in [0.25, 0.3) is 5.91 Å². The minimum absolute atomic E-state index is 0.121. The maximum atomic E-state index is 13.7. The van der Waals surface area contributed by atoms with Crippen molar-refractivity contribution in [3.63, 3.8) is 0 Å². The molecule has 0 aliphatic heterocycles. The monoisotopic (exact) mass is 589 g/mol. The van der Waals surface area contributed by atoms with Gasteiger partial charge in [0.15, 0.2) is 0 Å². The van der Waals surface area contributed by atoms with Crippen LogP contribution in [-0.4, -0.2) is 29.6 Å². The highest BCUT2D eigenvalue weighted by molar-refractivity contribution is 7.99. The molecule has 1 amide bonds. The quantitative estimate of drug-likeness (QED) is 0.137. The predicted octanol–water partition coefficient (Wildman–Crippen LogP) is 9.06. The Morgan fingerprint density at radius 2 is 1.69 bits per heavy atom. The molecule has 0 radical (unpaired) electrons. The first-order valence-electron chi connectivity index (χ1n) is 10.2. The van der Waals surface area contributed by atoms with Gasteiger partial charge in [-0.2, -0.15) is 38.1 Å². The number of benzene rings is 2. The van der Waals surface area contributed by atoms with Gasteiger partial charge in [-0.25, -0.2) is 0 Å². The molecule has 0 saturated heterocycles. The number of amides is 1. The number of alkyl halides is 6. The molecule has 0 bridgehead atoms. The van der Waals surface area contributed by atoms with Crippen LogP contribution in [0.25, 0.3) is 6.08 Å². The van der Waals surface area contributed by atoms with E-state index in [2.05, 4.69) is 11.9 Å². The zero-order valence-electron chi connectivity index (χ0n) is 18.6. The lowest BCUT2D eigenvalue weighted by Crippen LogP contribution is -2.35. The highest BCUT2D eigenvalue weighted by Gasteiger charge is 2.40. The molecular formula is C24H20Cl3F6NOS. The molecule has 2 nitrogen and oxygen atoms in total. The molecule has 2 aromatic carbocycles. The zero-order chi connectivity index (χ0) is 27.3. The number of carbonyl (C=O) groups excluding carboxylic acids is 1. The summed E-state index contributed by atoms with van der Waals surface area (Å²) in [5.74, 6) is -2.10. The molecule has 12 heteroatoms. The van der Waals surface area contributed by atoms with Crippen LogP contribution >= 0.6 is 46.6 Å². The molecule has 0 aromatic heterocycles. The first kappa shape index (κ1) is 30.4. The van der Waals surface area contributed by atoms with Gasteiger partial charge in [-0.15, -0.1) is 6.58 Å². The number of thioether (sulfide) groups is 1. The van der Waals surface area contributed by atoms with E-state index in [0.717, 1.165) is 30.3 Å². The standard InChI is InChI=1S/C24H20Cl3F6NOS/c1-3-8-36-12-13(2)34-22(35)16-6-4-14(9-18(16)24(31,32)33)5-7-17(23(28,29)30)15-10-19(25)21(27)20(26)11-15/h3-7,9-11,13,17H,1,8,12H2,2H3,(H,34,35)/b7-5+/t13-,17?/m1/s1. The Kier molecular flexibility index (Phi) is 10.7. The second-order valence-electron chi connectivity index (χ2n) is 7.68. The lowest BCUT2D eigenvalue weighted by Gasteiger charge is -2.19. The summed E-state index contributed by atoms with van der Waals surface area (Å²) in [6, 6.07) is 4.24. The highest BCUT2D eigenvalue weighted by atomic mass is 35.5. The Balaban J connectivity index is 2.39. The smallest absolute Gasteiger partial charge is 0.349 e. The molecule has 2 rings (SSSR count). The van der Waals surface area contributed by atoms with E-state index < -0.39 is 41.3 Å². The summed E-state index contributed by atoms with van der Waals surface area (Å²) in [5.41, 5.74) is -2.43. The first-order chi connectivity index (χ1) is 16.6. The van der Waals surface area contributed by atoms with Crippen molar-refractivity contribution in [2.45, 2.75) is 31.2 Å². The van der Waals surface area contributed by atoms with Gasteiger partial charge in [0, 0.05) is 17.5 Å². The Labute approximate surface area is 223 Å². The van der Waals surface area contributed by atoms with Crippen LogP contribution < -0.4 is 5.32 Å². The molecule has 0 aliphatic carbocycles. The molecule has 196 valence electrons. The van der Waals surface area contributed by atoms with Gasteiger partial charge < -0.3 is 5.32 Å². The van der Waals surface area contributed by atoms with Crippen LogP contribution in [0.3, 0.4) is 0 Å². The molecule has 0 aliphatic rings. The number of carbonyl (C=O) groups is 1. The minimum Gasteiger partial charge on any atom is -0.349 e. The minimum atomic E-state index is -4.92. The number of hydrogen-bond donors (Lipinski definition) is 1. The van der Waals surface area contributed by atoms with Crippen LogP contribution in [-0.2, 0) is 6.18 Å². The van der Waals surface area contributed by atoms with E-state index in [0.29, 0.717) is 23.6 Å². The summed E-state index contributed by atoms with van der Waals surface area (Å²) < 4.78 is 82.3. The van der Waals surface area contributed by atoms with Crippen LogP contribution in [0.1, 0.15) is 39.9 Å². The van der Waals surface area contributed by atoms with E-state index in [1.165, 1.54) is 11.8 Å². The van der Waals surface area contributed by atoms with Crippen LogP contribution in [0, 0.1) is 0 Å². The van der Waals surface area contributed by atoms with E-state index in [4.69, 9.17) is 34.8 Å². The number of allylic oxidation sites excluding steroid dienone is 1. The van der Waals surface area contributed by atoms with Gasteiger partial charge in [0.05, 0.1) is 32.1 Å². The van der Waals surface area contributed by atoms with Crippen LogP contribution in [0.4, 0.5) is 26.3 Å². The molecule has 1 unspecified atom stereocenters. The van der Waals surface area contributed by atoms with Crippen molar-refractivity contribution in [2.24, 2.45) is 0 Å². The molecule has 0 saturated carbocycles. The van der Waals surface area contributed by atoms with Gasteiger partial charge in [0.1, 0.15) is 0 Å². The summed E-state index contributed by atoms with van der Waals surface area (Å²) >= 11 is 18.9. The van der Waals surface area contributed by atoms with Crippen molar-refractivity contribution in [1.29, 1.82) is 0 Å². The molecule has 2 atom stereocenters. The van der Waals surface area contributed by atoms with Crippen LogP contribution in [0.15, 0.2) is 49.1 Å². The average Bonchev–Trinajstić information content (AvgIpc) is 2.76. The Morgan fingerprint density at radius 1 is 1.08 bits per heavy atom. The lowest BCUT2D eigenvalue weighted by atomic mass is 9.96. The van der Waals surface area contributed by atoms with Crippen LogP contribution in [0.5, 0.6) is 0 Å². The summed E-state index contributed by atoms with van der Waals surface area (Å²) in [6.07, 6.45) is -6.49. The Bertz CT molecular complexity index is 1110. The number of halogens is 9. The molecule has 0 heterocycles. The van der Waals surface area contributed by atoms with E-state index in [9.17, 15) is 31.1 Å². The van der Waals surface area contributed by atoms with E-state index in [1.807, 2.05) is 0 Å². The Morgan fingerprint density at radius 3 is 2.22 bits per heavy atom. The highest BCUT2D eigenvalue weighted by Crippen LogP contribution is 2.41. The van der Waals surface area contributed by atoms with Gasteiger partial charge >= 0.3 is 12.4 Å². The fourth-order valence-electron chi connectivity index (χ4n) is 3.14. The van der Waals surface area contributed by atoms with Crippen LogP contribution in [0.2, 0.25) is 15.1 Å². The van der Waals surface area contributed by atoms with Gasteiger partial charge in [0.2, 0.25) is 0 Å². The fraction of sp³-hybridized carbons (Fsp3) is 0.292. The molecular weight excluding hydrogens is 571 g/mol. The average molecular weight is 591 g/mol. The van der Waals surface area contributed by atoms with E-state index >= 15 is 0 Å². The maximum absolute atomic E-state index is 13.7. The Hall–Kier alpha value is -1.81. The molecule has 0 fully saturated rings. The third kappa shape index (κ3) is 8.36. The van der Waals surface area contributed by atoms with E-state index in [-0.39, 0.29) is 26.2 Å². The topological polar surface area (TPSA) is 29.1 Å². The van der Waals surface area contributed by atoms with Crippen molar-refractivity contribution in [2.75, 3.05) is 11.5 Å². The normalized spacial score (nSPS) is 14.1. The largest absolute Gasteiger partial charge is 0.417 e. The number of nitrogens with one attached hydrogen (secondary N) is 1. The van der Waals surface area contributed by atoms with Crippen molar-refractivity contribution in [3.8, 4) is 0 Å². The fourth-order valence-corrected chi connectivity index (χ4v) is 4.49. The van der Waals surface area contributed by atoms with Gasteiger partial charge in [-0.3, -0.25) is 4.79 Å². The van der Waals surface area contributed by atoms with Crippen molar-refractivity contribution in [3.05, 3.63) is 86.4 Å². The number of rotatable bonds is 9. The molecule has 36 heavy (non-hydrogen) atoms. The lowest BCUT2D eigenvalue weighted by molar-refractivity contribution is -0.139. The zero-order valence-corrected chi connectivity index (χ0v) is 21.7. The summed E-state index contributed by atoms with van der Waals surface area (Å²) in [6.45, 7) is 5.21. The predicted molar refractivity (Wildman–Crippen MR) is 135 cm³/mol.